The predicted molar refractivity (Wildman–Crippen MR) is 129 cm³/mol. The van der Waals surface area contributed by atoms with Gasteiger partial charge >= 0.3 is 11.9 Å². The van der Waals surface area contributed by atoms with Gasteiger partial charge in [-0.2, -0.15) is 0 Å². The summed E-state index contributed by atoms with van der Waals surface area (Å²) in [5.74, 6) is -0.464. The van der Waals surface area contributed by atoms with Gasteiger partial charge in [0.1, 0.15) is 13.2 Å². The van der Waals surface area contributed by atoms with E-state index in [9.17, 15) is 9.59 Å². The fourth-order valence-corrected chi connectivity index (χ4v) is 3.28. The second-order valence-electron chi connectivity index (χ2n) is 8.41. The number of rotatable bonds is 25. The monoisotopic (exact) mass is 458 g/mol. The molecule has 0 aliphatic heterocycles. The molecular weight excluding hydrogens is 408 g/mol. The largest absolute Gasteiger partial charge is 0.463 e. The molecule has 0 aromatic heterocycles. The van der Waals surface area contributed by atoms with Crippen LogP contribution in [0.2, 0.25) is 0 Å². The Morgan fingerprint density at radius 3 is 1.22 bits per heavy atom. The van der Waals surface area contributed by atoms with Crippen molar-refractivity contribution in [2.75, 3.05) is 39.6 Å². The van der Waals surface area contributed by atoms with Gasteiger partial charge in [0.15, 0.2) is 0 Å². The van der Waals surface area contributed by atoms with Gasteiger partial charge in [0.2, 0.25) is 0 Å². The van der Waals surface area contributed by atoms with E-state index in [2.05, 4.69) is 13.8 Å². The SMILES string of the molecule is CCCCCCCCOCCOC(=O)CCCCC(=O)OCCOCCCCCCCC. The van der Waals surface area contributed by atoms with Gasteiger partial charge in [-0.1, -0.05) is 78.1 Å². The average Bonchev–Trinajstić information content (AvgIpc) is 2.79. The van der Waals surface area contributed by atoms with E-state index in [0.717, 1.165) is 26.1 Å². The van der Waals surface area contributed by atoms with Crippen LogP contribution in [0.1, 0.15) is 117 Å². The van der Waals surface area contributed by atoms with Crippen LogP contribution in [0.4, 0.5) is 0 Å². The molecule has 0 saturated carbocycles. The van der Waals surface area contributed by atoms with Crippen LogP contribution < -0.4 is 0 Å². The Labute approximate surface area is 197 Å². The summed E-state index contributed by atoms with van der Waals surface area (Å²) in [5.41, 5.74) is 0. The zero-order valence-electron chi connectivity index (χ0n) is 21.0. The molecule has 0 bridgehead atoms. The minimum atomic E-state index is -0.232. The second-order valence-corrected chi connectivity index (χ2v) is 8.41. The van der Waals surface area contributed by atoms with Crippen LogP contribution in [0.25, 0.3) is 0 Å². The molecule has 0 amide bonds. The molecule has 0 spiro atoms. The molecule has 0 fully saturated rings. The average molecular weight is 459 g/mol. The van der Waals surface area contributed by atoms with Gasteiger partial charge in [-0.05, 0) is 25.7 Å². The highest BCUT2D eigenvalue weighted by Gasteiger charge is 2.06. The molecule has 0 heterocycles. The van der Waals surface area contributed by atoms with Gasteiger partial charge in [-0.3, -0.25) is 9.59 Å². The smallest absolute Gasteiger partial charge is 0.305 e. The van der Waals surface area contributed by atoms with E-state index in [-0.39, 0.29) is 11.9 Å². The molecule has 190 valence electrons. The lowest BCUT2D eigenvalue weighted by atomic mass is 10.1. The maximum atomic E-state index is 11.7. The summed E-state index contributed by atoms with van der Waals surface area (Å²) in [5, 5.41) is 0. The fourth-order valence-electron chi connectivity index (χ4n) is 3.28. The lowest BCUT2D eigenvalue weighted by molar-refractivity contribution is -0.147. The minimum Gasteiger partial charge on any atom is -0.463 e. The molecule has 0 unspecified atom stereocenters. The molecule has 0 saturated heterocycles. The highest BCUT2D eigenvalue weighted by Crippen LogP contribution is 2.06. The summed E-state index contributed by atoms with van der Waals surface area (Å²) in [4.78, 5) is 23.4. The molecular formula is C26H50O6. The third kappa shape index (κ3) is 25.1. The molecule has 0 rings (SSSR count). The highest BCUT2D eigenvalue weighted by atomic mass is 16.6. The molecule has 0 aliphatic rings. The topological polar surface area (TPSA) is 71.1 Å². The summed E-state index contributed by atoms with van der Waals surface area (Å²) in [6, 6.07) is 0. The van der Waals surface area contributed by atoms with Crippen LogP contribution in [-0.4, -0.2) is 51.6 Å². The van der Waals surface area contributed by atoms with Crippen LogP contribution >= 0.6 is 0 Å². The Balaban J connectivity index is 3.29. The van der Waals surface area contributed by atoms with Crippen molar-refractivity contribution in [3.05, 3.63) is 0 Å². The van der Waals surface area contributed by atoms with Crippen LogP contribution in [0.15, 0.2) is 0 Å². The van der Waals surface area contributed by atoms with E-state index in [1.54, 1.807) is 0 Å². The number of ether oxygens (including phenoxy) is 4. The van der Waals surface area contributed by atoms with E-state index in [1.165, 1.54) is 64.2 Å². The third-order valence-corrected chi connectivity index (χ3v) is 5.28. The first-order valence-corrected chi connectivity index (χ1v) is 13.2. The third-order valence-electron chi connectivity index (χ3n) is 5.28. The zero-order valence-corrected chi connectivity index (χ0v) is 21.0. The van der Waals surface area contributed by atoms with Crippen molar-refractivity contribution >= 4 is 11.9 Å². The van der Waals surface area contributed by atoms with E-state index in [1.807, 2.05) is 0 Å². The van der Waals surface area contributed by atoms with Crippen LogP contribution in [-0.2, 0) is 28.5 Å². The lowest BCUT2D eigenvalue weighted by Crippen LogP contribution is -2.12. The lowest BCUT2D eigenvalue weighted by Gasteiger charge is -2.07. The number of hydrogen-bond acceptors (Lipinski definition) is 6. The number of hydrogen-bond donors (Lipinski definition) is 0. The molecule has 0 atom stereocenters. The van der Waals surface area contributed by atoms with Crippen molar-refractivity contribution in [1.82, 2.24) is 0 Å². The van der Waals surface area contributed by atoms with Crippen molar-refractivity contribution in [3.63, 3.8) is 0 Å². The highest BCUT2D eigenvalue weighted by molar-refractivity contribution is 5.70. The van der Waals surface area contributed by atoms with Gasteiger partial charge in [-0.25, -0.2) is 0 Å². The first-order valence-electron chi connectivity index (χ1n) is 13.2. The van der Waals surface area contributed by atoms with Crippen LogP contribution in [0.5, 0.6) is 0 Å². The van der Waals surface area contributed by atoms with E-state index >= 15 is 0 Å². The van der Waals surface area contributed by atoms with E-state index in [0.29, 0.717) is 52.1 Å². The number of carbonyl (C=O) groups excluding carboxylic acids is 2. The van der Waals surface area contributed by atoms with Crippen LogP contribution in [0, 0.1) is 0 Å². The summed E-state index contributed by atoms with van der Waals surface area (Å²) in [6.45, 7) is 7.40. The van der Waals surface area contributed by atoms with Crippen molar-refractivity contribution in [2.24, 2.45) is 0 Å². The Morgan fingerprint density at radius 1 is 0.438 bits per heavy atom. The number of carbonyl (C=O) groups is 2. The maximum Gasteiger partial charge on any atom is 0.305 e. The normalized spacial score (nSPS) is 10.9. The summed E-state index contributed by atoms with van der Waals surface area (Å²) >= 11 is 0. The summed E-state index contributed by atoms with van der Waals surface area (Å²) in [6.07, 6.45) is 16.8. The fraction of sp³-hybridized carbons (Fsp3) is 0.923. The molecule has 32 heavy (non-hydrogen) atoms. The maximum absolute atomic E-state index is 11.7. The van der Waals surface area contributed by atoms with Gasteiger partial charge in [0.05, 0.1) is 13.2 Å². The quantitative estimate of drug-likeness (QED) is 0.117. The first-order chi connectivity index (χ1) is 15.7. The Morgan fingerprint density at radius 2 is 0.812 bits per heavy atom. The van der Waals surface area contributed by atoms with Gasteiger partial charge in [0.25, 0.3) is 0 Å². The Hall–Kier alpha value is -1.14. The number of unbranched alkanes of at least 4 members (excludes halogenated alkanes) is 11. The van der Waals surface area contributed by atoms with Gasteiger partial charge in [0, 0.05) is 26.1 Å². The van der Waals surface area contributed by atoms with E-state index < -0.39 is 0 Å². The number of esters is 2. The Kier molecular flexibility index (Phi) is 25.2. The predicted octanol–water partition coefficient (Wildman–Crippen LogP) is 6.39. The summed E-state index contributed by atoms with van der Waals surface area (Å²) < 4.78 is 21.3. The molecule has 6 heteroatoms. The van der Waals surface area contributed by atoms with Crippen molar-refractivity contribution < 1.29 is 28.5 Å². The Bertz CT molecular complexity index is 375. The molecule has 0 aromatic rings. The van der Waals surface area contributed by atoms with Crippen molar-refractivity contribution in [3.8, 4) is 0 Å². The van der Waals surface area contributed by atoms with Gasteiger partial charge in [-0.15, -0.1) is 0 Å². The zero-order chi connectivity index (χ0) is 23.5. The molecule has 6 nitrogen and oxygen atoms in total. The second kappa shape index (κ2) is 26.1. The van der Waals surface area contributed by atoms with Crippen LogP contribution in [0.3, 0.4) is 0 Å². The molecule has 0 radical (unpaired) electrons. The van der Waals surface area contributed by atoms with Crippen molar-refractivity contribution in [2.45, 2.75) is 117 Å². The molecule has 0 aromatic carbocycles. The summed E-state index contributed by atoms with van der Waals surface area (Å²) in [7, 11) is 0. The first kappa shape index (κ1) is 30.9. The van der Waals surface area contributed by atoms with Gasteiger partial charge < -0.3 is 18.9 Å². The molecule has 0 N–H and O–H groups in total. The molecule has 0 aliphatic carbocycles. The standard InChI is InChI=1S/C26H50O6/c1-3-5-7-9-11-15-19-29-21-23-31-25(27)17-13-14-18-26(28)32-24-22-30-20-16-12-10-8-6-4-2/h3-24H2,1-2H3. The van der Waals surface area contributed by atoms with Crippen molar-refractivity contribution in [1.29, 1.82) is 0 Å². The minimum absolute atomic E-state index is 0.232. The van der Waals surface area contributed by atoms with E-state index in [4.69, 9.17) is 18.9 Å².